The zero-order valence-corrected chi connectivity index (χ0v) is 10.2. The number of pyridine rings is 1. The molecule has 17 heavy (non-hydrogen) atoms. The Morgan fingerprint density at radius 1 is 1.35 bits per heavy atom. The van der Waals surface area contributed by atoms with Gasteiger partial charge in [0, 0.05) is 37.1 Å². The molecule has 2 rings (SSSR count). The van der Waals surface area contributed by atoms with E-state index in [4.69, 9.17) is 5.73 Å². The standard InChI is InChI=1S/C13H19N3O/c1-16(12-5-3-2-4-11(12)14)13(17)10-6-8-15-9-7-10/h6-9,11-12H,2-5,14H2,1H3. The predicted octanol–water partition coefficient (Wildman–Crippen LogP) is 1.42. The van der Waals surface area contributed by atoms with Gasteiger partial charge in [-0.15, -0.1) is 0 Å². The van der Waals surface area contributed by atoms with Gasteiger partial charge in [0.1, 0.15) is 0 Å². The summed E-state index contributed by atoms with van der Waals surface area (Å²) in [6.45, 7) is 0. The van der Waals surface area contributed by atoms with Gasteiger partial charge in [-0.25, -0.2) is 0 Å². The molecule has 2 N–H and O–H groups in total. The van der Waals surface area contributed by atoms with Crippen LogP contribution in [-0.2, 0) is 0 Å². The predicted molar refractivity (Wildman–Crippen MR) is 66.6 cm³/mol. The number of amides is 1. The average molecular weight is 233 g/mol. The molecule has 2 atom stereocenters. The number of nitrogens with two attached hydrogens (primary N) is 1. The van der Waals surface area contributed by atoms with Crippen molar-refractivity contribution in [2.75, 3.05) is 7.05 Å². The van der Waals surface area contributed by atoms with Crippen LogP contribution >= 0.6 is 0 Å². The highest BCUT2D eigenvalue weighted by Gasteiger charge is 2.28. The van der Waals surface area contributed by atoms with Crippen molar-refractivity contribution >= 4 is 5.91 Å². The van der Waals surface area contributed by atoms with E-state index in [1.807, 2.05) is 7.05 Å². The van der Waals surface area contributed by atoms with Crippen molar-refractivity contribution < 1.29 is 4.79 Å². The topological polar surface area (TPSA) is 59.2 Å². The molecule has 0 bridgehead atoms. The molecule has 1 fully saturated rings. The van der Waals surface area contributed by atoms with Gasteiger partial charge in [0.2, 0.25) is 0 Å². The molecule has 0 spiro atoms. The molecule has 0 radical (unpaired) electrons. The third kappa shape index (κ3) is 2.64. The Labute approximate surface area is 102 Å². The lowest BCUT2D eigenvalue weighted by atomic mass is 9.90. The van der Waals surface area contributed by atoms with E-state index in [0.717, 1.165) is 19.3 Å². The first-order chi connectivity index (χ1) is 8.20. The lowest BCUT2D eigenvalue weighted by Crippen LogP contribution is -2.50. The number of hydrogen-bond donors (Lipinski definition) is 1. The molecule has 0 saturated heterocycles. The first-order valence-corrected chi connectivity index (χ1v) is 6.13. The quantitative estimate of drug-likeness (QED) is 0.840. The Morgan fingerprint density at radius 3 is 2.65 bits per heavy atom. The van der Waals surface area contributed by atoms with Crippen molar-refractivity contribution in [1.82, 2.24) is 9.88 Å². The second kappa shape index (κ2) is 5.27. The Kier molecular flexibility index (Phi) is 3.74. The molecule has 1 amide bonds. The Balaban J connectivity index is 2.09. The molecule has 0 aliphatic heterocycles. The second-order valence-electron chi connectivity index (χ2n) is 4.67. The highest BCUT2D eigenvalue weighted by Crippen LogP contribution is 2.22. The molecule has 1 aliphatic carbocycles. The maximum atomic E-state index is 12.2. The summed E-state index contributed by atoms with van der Waals surface area (Å²) in [5.74, 6) is 0.0368. The number of carbonyl (C=O) groups excluding carboxylic acids is 1. The maximum Gasteiger partial charge on any atom is 0.254 e. The molecule has 4 heteroatoms. The molecule has 1 saturated carbocycles. The van der Waals surface area contributed by atoms with Crippen LogP contribution in [0, 0.1) is 0 Å². The van der Waals surface area contributed by atoms with Crippen LogP contribution in [-0.4, -0.2) is 34.9 Å². The van der Waals surface area contributed by atoms with Crippen molar-refractivity contribution in [1.29, 1.82) is 0 Å². The van der Waals surface area contributed by atoms with Crippen LogP contribution in [0.25, 0.3) is 0 Å². The minimum atomic E-state index is 0.0368. The van der Waals surface area contributed by atoms with E-state index in [1.165, 1.54) is 6.42 Å². The number of rotatable bonds is 2. The molecular weight excluding hydrogens is 214 g/mol. The zero-order valence-electron chi connectivity index (χ0n) is 10.2. The van der Waals surface area contributed by atoms with Crippen LogP contribution in [0.5, 0.6) is 0 Å². The van der Waals surface area contributed by atoms with Gasteiger partial charge in [0.15, 0.2) is 0 Å². The van der Waals surface area contributed by atoms with E-state index in [2.05, 4.69) is 4.98 Å². The Hall–Kier alpha value is -1.42. The lowest BCUT2D eigenvalue weighted by molar-refractivity contribution is 0.0672. The molecular formula is C13H19N3O. The van der Waals surface area contributed by atoms with Crippen LogP contribution < -0.4 is 5.73 Å². The summed E-state index contributed by atoms with van der Waals surface area (Å²) in [6, 6.07) is 3.77. The van der Waals surface area contributed by atoms with Gasteiger partial charge in [-0.1, -0.05) is 12.8 Å². The van der Waals surface area contributed by atoms with E-state index in [0.29, 0.717) is 5.56 Å². The van der Waals surface area contributed by atoms with Crippen molar-refractivity contribution in [3.05, 3.63) is 30.1 Å². The summed E-state index contributed by atoms with van der Waals surface area (Å²) >= 11 is 0. The van der Waals surface area contributed by atoms with E-state index in [1.54, 1.807) is 29.4 Å². The van der Waals surface area contributed by atoms with Gasteiger partial charge in [0.25, 0.3) is 5.91 Å². The summed E-state index contributed by atoms with van der Waals surface area (Å²) in [7, 11) is 1.85. The summed E-state index contributed by atoms with van der Waals surface area (Å²) in [6.07, 6.45) is 7.64. The van der Waals surface area contributed by atoms with Crippen molar-refractivity contribution in [3.8, 4) is 0 Å². The summed E-state index contributed by atoms with van der Waals surface area (Å²) in [4.78, 5) is 17.9. The minimum absolute atomic E-state index is 0.0368. The van der Waals surface area contributed by atoms with E-state index >= 15 is 0 Å². The second-order valence-corrected chi connectivity index (χ2v) is 4.67. The van der Waals surface area contributed by atoms with E-state index < -0.39 is 0 Å². The summed E-state index contributed by atoms with van der Waals surface area (Å²) in [5.41, 5.74) is 6.77. The molecule has 92 valence electrons. The first kappa shape index (κ1) is 12.0. The smallest absolute Gasteiger partial charge is 0.254 e. The van der Waals surface area contributed by atoms with Gasteiger partial charge >= 0.3 is 0 Å². The SMILES string of the molecule is CN(C(=O)c1ccncc1)C1CCCCC1N. The van der Waals surface area contributed by atoms with Crippen molar-refractivity contribution in [2.24, 2.45) is 5.73 Å². The van der Waals surface area contributed by atoms with Gasteiger partial charge in [-0.2, -0.15) is 0 Å². The van der Waals surface area contributed by atoms with E-state index in [9.17, 15) is 4.79 Å². The van der Waals surface area contributed by atoms with Crippen LogP contribution in [0.2, 0.25) is 0 Å². The van der Waals surface area contributed by atoms with Crippen LogP contribution in [0.1, 0.15) is 36.0 Å². The molecule has 1 heterocycles. The van der Waals surface area contributed by atoms with Crippen molar-refractivity contribution in [2.45, 2.75) is 37.8 Å². The lowest BCUT2D eigenvalue weighted by Gasteiger charge is -2.36. The number of likely N-dealkylation sites (N-methyl/N-ethyl adjacent to an activating group) is 1. The normalized spacial score (nSPS) is 24.4. The third-order valence-electron chi connectivity index (χ3n) is 3.53. The van der Waals surface area contributed by atoms with Gasteiger partial charge in [-0.05, 0) is 25.0 Å². The van der Waals surface area contributed by atoms with Crippen LogP contribution in [0.4, 0.5) is 0 Å². The zero-order chi connectivity index (χ0) is 12.3. The molecule has 1 aromatic rings. The van der Waals surface area contributed by atoms with Crippen LogP contribution in [0.3, 0.4) is 0 Å². The van der Waals surface area contributed by atoms with Gasteiger partial charge in [0.05, 0.1) is 0 Å². The average Bonchev–Trinajstić information content (AvgIpc) is 2.39. The van der Waals surface area contributed by atoms with E-state index in [-0.39, 0.29) is 18.0 Å². The highest BCUT2D eigenvalue weighted by molar-refractivity contribution is 5.94. The van der Waals surface area contributed by atoms with Crippen LogP contribution in [0.15, 0.2) is 24.5 Å². The molecule has 2 unspecified atom stereocenters. The summed E-state index contributed by atoms with van der Waals surface area (Å²) < 4.78 is 0. The fourth-order valence-corrected chi connectivity index (χ4v) is 2.47. The fourth-order valence-electron chi connectivity index (χ4n) is 2.47. The fraction of sp³-hybridized carbons (Fsp3) is 0.538. The largest absolute Gasteiger partial charge is 0.337 e. The van der Waals surface area contributed by atoms with Gasteiger partial charge < -0.3 is 10.6 Å². The maximum absolute atomic E-state index is 12.2. The Morgan fingerprint density at radius 2 is 2.00 bits per heavy atom. The Bertz CT molecular complexity index is 380. The number of carbonyl (C=O) groups is 1. The number of aromatic nitrogens is 1. The molecule has 0 aromatic carbocycles. The van der Waals surface area contributed by atoms with Gasteiger partial charge in [-0.3, -0.25) is 9.78 Å². The molecule has 4 nitrogen and oxygen atoms in total. The number of nitrogens with zero attached hydrogens (tertiary/aromatic N) is 2. The number of hydrogen-bond acceptors (Lipinski definition) is 3. The monoisotopic (exact) mass is 233 g/mol. The molecule has 1 aliphatic rings. The first-order valence-electron chi connectivity index (χ1n) is 6.13. The minimum Gasteiger partial charge on any atom is -0.337 e. The summed E-state index contributed by atoms with van der Waals surface area (Å²) in [5, 5.41) is 0. The third-order valence-corrected chi connectivity index (χ3v) is 3.53. The molecule has 1 aromatic heterocycles. The van der Waals surface area contributed by atoms with Crippen molar-refractivity contribution in [3.63, 3.8) is 0 Å². The highest BCUT2D eigenvalue weighted by atomic mass is 16.2.